The predicted octanol–water partition coefficient (Wildman–Crippen LogP) is 3.46. The minimum atomic E-state index is -1.03. The first-order valence-electron chi connectivity index (χ1n) is 10.9. The Labute approximate surface area is 195 Å². The number of carbonyl (C=O) groups is 1. The van der Waals surface area contributed by atoms with Crippen LogP contribution < -0.4 is 5.73 Å². The molecule has 0 bridgehead atoms. The minimum Gasteiger partial charge on any atom is -0.386 e. The van der Waals surface area contributed by atoms with Gasteiger partial charge in [-0.1, -0.05) is 12.1 Å². The summed E-state index contributed by atoms with van der Waals surface area (Å²) in [4.78, 5) is 22.8. The molecular weight excluding hydrogens is 442 g/mol. The van der Waals surface area contributed by atoms with Gasteiger partial charge in [0.25, 0.3) is 5.91 Å². The van der Waals surface area contributed by atoms with Crippen LogP contribution in [0.1, 0.15) is 48.4 Å². The molecule has 2 heterocycles. The molecule has 0 atom stereocenters. The molecule has 10 heteroatoms. The second kappa shape index (κ2) is 8.94. The molecule has 4 rings (SSSR count). The molecule has 2 aromatic heterocycles. The van der Waals surface area contributed by atoms with Crippen LogP contribution in [0.4, 0.5) is 14.7 Å². The van der Waals surface area contributed by atoms with Crippen molar-refractivity contribution in [3.63, 3.8) is 0 Å². The second-order valence-electron chi connectivity index (χ2n) is 8.84. The number of hydrogen-bond acceptors (Lipinski definition) is 6. The van der Waals surface area contributed by atoms with Gasteiger partial charge in [-0.15, -0.1) is 5.10 Å². The Hall–Kier alpha value is -3.66. The zero-order chi connectivity index (χ0) is 24.6. The molecule has 178 valence electrons. The summed E-state index contributed by atoms with van der Waals surface area (Å²) in [6.45, 7) is 3.86. The summed E-state index contributed by atoms with van der Waals surface area (Å²) >= 11 is 0. The molecule has 1 amide bonds. The van der Waals surface area contributed by atoms with E-state index in [0.717, 1.165) is 12.1 Å². The first-order chi connectivity index (χ1) is 16.0. The number of aromatic nitrogens is 4. The van der Waals surface area contributed by atoms with Crippen molar-refractivity contribution < 1.29 is 18.7 Å². The van der Waals surface area contributed by atoms with Crippen molar-refractivity contribution >= 4 is 28.4 Å². The lowest BCUT2D eigenvalue weighted by molar-refractivity contribution is 0.0770. The maximum atomic E-state index is 14.1. The van der Waals surface area contributed by atoms with E-state index in [0.29, 0.717) is 42.8 Å². The van der Waals surface area contributed by atoms with E-state index in [9.17, 15) is 18.7 Å². The molecule has 0 spiro atoms. The Morgan fingerprint density at radius 1 is 1.18 bits per heavy atom. The van der Waals surface area contributed by atoms with E-state index in [-0.39, 0.29) is 28.4 Å². The Bertz CT molecular complexity index is 1380. The topological polar surface area (TPSA) is 110 Å². The van der Waals surface area contributed by atoms with Crippen molar-refractivity contribution in [2.75, 3.05) is 19.3 Å². The van der Waals surface area contributed by atoms with E-state index in [1.165, 1.54) is 4.52 Å². The van der Waals surface area contributed by atoms with Gasteiger partial charge in [0.05, 0.1) is 11.0 Å². The molecular formula is C24H26F2N6O2. The highest BCUT2D eigenvalue weighted by atomic mass is 19.1. The maximum absolute atomic E-state index is 14.1. The fourth-order valence-electron chi connectivity index (χ4n) is 3.79. The molecule has 0 fully saturated rings. The van der Waals surface area contributed by atoms with Gasteiger partial charge in [-0.25, -0.2) is 18.7 Å². The van der Waals surface area contributed by atoms with E-state index in [4.69, 9.17) is 5.73 Å². The Balaban J connectivity index is 1.41. The lowest BCUT2D eigenvalue weighted by atomic mass is 9.96. The van der Waals surface area contributed by atoms with Gasteiger partial charge in [0.1, 0.15) is 11.3 Å². The van der Waals surface area contributed by atoms with Crippen molar-refractivity contribution in [3.8, 4) is 0 Å². The van der Waals surface area contributed by atoms with Crippen LogP contribution in [0.15, 0.2) is 36.4 Å². The zero-order valence-electron chi connectivity index (χ0n) is 19.2. The molecule has 3 N–H and O–H groups in total. The van der Waals surface area contributed by atoms with Crippen LogP contribution >= 0.6 is 0 Å². The largest absolute Gasteiger partial charge is 0.386 e. The van der Waals surface area contributed by atoms with Crippen LogP contribution in [0, 0.1) is 11.6 Å². The van der Waals surface area contributed by atoms with E-state index in [2.05, 4.69) is 15.1 Å². The summed E-state index contributed by atoms with van der Waals surface area (Å²) in [5.74, 6) is -1.24. The lowest BCUT2D eigenvalue weighted by Gasteiger charge is -2.21. The first-order valence-corrected chi connectivity index (χ1v) is 10.9. The first kappa shape index (κ1) is 23.5. The Kier molecular flexibility index (Phi) is 6.18. The Morgan fingerprint density at radius 3 is 2.68 bits per heavy atom. The second-order valence-corrected chi connectivity index (χ2v) is 8.84. The number of anilines is 1. The van der Waals surface area contributed by atoms with Crippen LogP contribution in [-0.2, 0) is 12.0 Å². The number of nitrogens with zero attached hydrogens (tertiary/aromatic N) is 5. The quantitative estimate of drug-likeness (QED) is 0.402. The van der Waals surface area contributed by atoms with Crippen molar-refractivity contribution in [1.82, 2.24) is 24.5 Å². The number of carbonyl (C=O) groups excluding carboxylic acids is 1. The van der Waals surface area contributed by atoms with Crippen LogP contribution in [0.5, 0.6) is 0 Å². The van der Waals surface area contributed by atoms with Gasteiger partial charge in [0.15, 0.2) is 17.3 Å². The SMILES string of the molecule is CN(CCCCc1nc2c3cc(F)cc(F)c3nc(N)n2n1)C(=O)c1cccc(C(C)(C)O)c1. The molecule has 4 aromatic rings. The number of amides is 1. The molecule has 0 aliphatic heterocycles. The monoisotopic (exact) mass is 468 g/mol. The van der Waals surface area contributed by atoms with Crippen molar-refractivity contribution in [2.45, 2.75) is 38.7 Å². The summed E-state index contributed by atoms with van der Waals surface area (Å²) in [7, 11) is 1.73. The average Bonchev–Trinajstić information content (AvgIpc) is 3.22. The third-order valence-electron chi connectivity index (χ3n) is 5.67. The molecule has 2 aromatic carbocycles. The van der Waals surface area contributed by atoms with Gasteiger partial charge < -0.3 is 15.7 Å². The van der Waals surface area contributed by atoms with Crippen LogP contribution in [0.25, 0.3) is 16.6 Å². The minimum absolute atomic E-state index is 0.0367. The van der Waals surface area contributed by atoms with Crippen LogP contribution in [0.3, 0.4) is 0 Å². The highest BCUT2D eigenvalue weighted by molar-refractivity contribution is 5.94. The fraction of sp³-hybridized carbons (Fsp3) is 0.333. The molecule has 0 saturated carbocycles. The van der Waals surface area contributed by atoms with Crippen LogP contribution in [0.2, 0.25) is 0 Å². The molecule has 0 aliphatic rings. The Morgan fingerprint density at radius 2 is 1.94 bits per heavy atom. The normalized spacial score (nSPS) is 11.9. The van der Waals surface area contributed by atoms with Gasteiger partial charge in [-0.2, -0.15) is 4.52 Å². The van der Waals surface area contributed by atoms with E-state index in [1.54, 1.807) is 50.1 Å². The van der Waals surface area contributed by atoms with Gasteiger partial charge in [-0.05, 0) is 50.5 Å². The van der Waals surface area contributed by atoms with Gasteiger partial charge in [0.2, 0.25) is 5.95 Å². The number of aliphatic hydroxyl groups is 1. The standard InChI is InChI=1S/C24H26F2N6O2/c1-24(2,34)15-8-6-7-14(11-15)22(33)31(3)10-5-4-9-19-28-21-17-12-16(25)13-18(26)20(17)29-23(27)32(21)30-19/h6-8,11-13,34H,4-5,9-10H2,1-3H3,(H2,27,29). The van der Waals surface area contributed by atoms with E-state index in [1.807, 2.05) is 0 Å². The van der Waals surface area contributed by atoms with Gasteiger partial charge in [-0.3, -0.25) is 4.79 Å². The lowest BCUT2D eigenvalue weighted by Crippen LogP contribution is -2.28. The summed E-state index contributed by atoms with van der Waals surface area (Å²) in [5, 5.41) is 14.7. The molecule has 0 aliphatic carbocycles. The van der Waals surface area contributed by atoms with E-state index >= 15 is 0 Å². The predicted molar refractivity (Wildman–Crippen MR) is 124 cm³/mol. The number of aryl methyl sites for hydroxylation is 1. The molecule has 0 saturated heterocycles. The number of hydrogen-bond donors (Lipinski definition) is 2. The van der Waals surface area contributed by atoms with Crippen molar-refractivity contribution in [2.24, 2.45) is 0 Å². The summed E-state index contributed by atoms with van der Waals surface area (Å²) in [5.41, 5.74) is 6.24. The fourth-order valence-corrected chi connectivity index (χ4v) is 3.79. The molecule has 0 radical (unpaired) electrons. The summed E-state index contributed by atoms with van der Waals surface area (Å²) < 4.78 is 29.1. The molecule has 34 heavy (non-hydrogen) atoms. The third kappa shape index (κ3) is 4.67. The number of unbranched alkanes of at least 4 members (excludes halogenated alkanes) is 1. The number of nitrogens with two attached hydrogens (primary N) is 1. The van der Waals surface area contributed by atoms with Gasteiger partial charge in [0, 0.05) is 31.6 Å². The molecule has 8 nitrogen and oxygen atoms in total. The van der Waals surface area contributed by atoms with Gasteiger partial charge >= 0.3 is 0 Å². The number of halogens is 2. The van der Waals surface area contributed by atoms with E-state index < -0.39 is 17.2 Å². The maximum Gasteiger partial charge on any atom is 0.253 e. The number of rotatable bonds is 7. The average molecular weight is 469 g/mol. The summed E-state index contributed by atoms with van der Waals surface area (Å²) in [6, 6.07) is 8.88. The smallest absolute Gasteiger partial charge is 0.253 e. The third-order valence-corrected chi connectivity index (χ3v) is 5.67. The molecule has 0 unspecified atom stereocenters. The zero-order valence-corrected chi connectivity index (χ0v) is 19.2. The van der Waals surface area contributed by atoms with Crippen molar-refractivity contribution in [3.05, 3.63) is 65.0 Å². The number of nitrogen functional groups attached to an aromatic ring is 1. The van der Waals surface area contributed by atoms with Crippen molar-refractivity contribution in [1.29, 1.82) is 0 Å². The highest BCUT2D eigenvalue weighted by Gasteiger charge is 2.19. The highest BCUT2D eigenvalue weighted by Crippen LogP contribution is 2.24. The number of fused-ring (bicyclic) bond motifs is 3. The summed E-state index contributed by atoms with van der Waals surface area (Å²) in [6.07, 6.45) is 1.88. The number of benzene rings is 2. The van der Waals surface area contributed by atoms with Crippen LogP contribution in [-0.4, -0.2) is 49.1 Å².